The molecule has 2 aromatic rings. The van der Waals surface area contributed by atoms with Crippen molar-refractivity contribution in [1.29, 1.82) is 0 Å². The van der Waals surface area contributed by atoms with E-state index < -0.39 is 5.97 Å². The second-order valence-electron chi connectivity index (χ2n) is 3.52. The average Bonchev–Trinajstić information content (AvgIpc) is 2.62. The maximum atomic E-state index is 11.5. The molecule has 0 atom stereocenters. The Morgan fingerprint density at radius 1 is 1.56 bits per heavy atom. The second kappa shape index (κ2) is 3.84. The van der Waals surface area contributed by atoms with Gasteiger partial charge in [-0.15, -0.1) is 0 Å². The number of carbonyl (C=O) groups excluding carboxylic acids is 1. The van der Waals surface area contributed by atoms with Crippen molar-refractivity contribution in [3.8, 4) is 0 Å². The van der Waals surface area contributed by atoms with Crippen LogP contribution in [0.15, 0.2) is 18.5 Å². The minimum atomic E-state index is -0.414. The van der Waals surface area contributed by atoms with Gasteiger partial charge in [-0.05, 0) is 25.5 Å². The number of nitrogens with two attached hydrogens (primary N) is 1. The smallest absolute Gasteiger partial charge is 0.358 e. The minimum absolute atomic E-state index is 0.298. The van der Waals surface area contributed by atoms with Crippen LogP contribution in [-0.2, 0) is 4.74 Å². The molecular weight excluding hydrogens is 206 g/mol. The zero-order valence-electron chi connectivity index (χ0n) is 9.23. The lowest BCUT2D eigenvalue weighted by atomic mass is 10.2. The summed E-state index contributed by atoms with van der Waals surface area (Å²) in [5, 5.41) is 0. The number of hydrogen-bond donors (Lipinski definition) is 1. The SMILES string of the molecule is CCOC(=O)c1cn2cc(N)c(C)cc2n1. The van der Waals surface area contributed by atoms with Gasteiger partial charge in [-0.1, -0.05) is 0 Å². The van der Waals surface area contributed by atoms with Crippen molar-refractivity contribution in [2.24, 2.45) is 0 Å². The van der Waals surface area contributed by atoms with Crippen LogP contribution in [0.1, 0.15) is 23.0 Å². The van der Waals surface area contributed by atoms with Gasteiger partial charge in [-0.3, -0.25) is 0 Å². The molecule has 0 saturated carbocycles. The van der Waals surface area contributed by atoms with E-state index in [0.29, 0.717) is 23.6 Å². The van der Waals surface area contributed by atoms with Gasteiger partial charge in [-0.25, -0.2) is 9.78 Å². The summed E-state index contributed by atoms with van der Waals surface area (Å²) in [7, 11) is 0. The van der Waals surface area contributed by atoms with Gasteiger partial charge in [0.25, 0.3) is 0 Å². The predicted octanol–water partition coefficient (Wildman–Crippen LogP) is 1.40. The monoisotopic (exact) mass is 219 g/mol. The molecule has 84 valence electrons. The summed E-state index contributed by atoms with van der Waals surface area (Å²) in [6.45, 7) is 4.00. The number of carbonyl (C=O) groups is 1. The molecule has 0 aliphatic carbocycles. The van der Waals surface area contributed by atoms with Crippen LogP contribution in [0.3, 0.4) is 0 Å². The van der Waals surface area contributed by atoms with Crippen molar-refractivity contribution in [3.05, 3.63) is 29.7 Å². The van der Waals surface area contributed by atoms with Crippen molar-refractivity contribution in [1.82, 2.24) is 9.38 Å². The first-order valence-electron chi connectivity index (χ1n) is 5.03. The summed E-state index contributed by atoms with van der Waals surface area (Å²) in [5.74, 6) is -0.414. The number of hydrogen-bond acceptors (Lipinski definition) is 4. The number of ether oxygens (including phenoxy) is 1. The third-order valence-electron chi connectivity index (χ3n) is 2.32. The first-order chi connectivity index (χ1) is 7.61. The van der Waals surface area contributed by atoms with Crippen LogP contribution >= 0.6 is 0 Å². The van der Waals surface area contributed by atoms with Crippen molar-refractivity contribution in [3.63, 3.8) is 0 Å². The maximum absolute atomic E-state index is 11.5. The molecule has 0 radical (unpaired) electrons. The molecule has 2 N–H and O–H groups in total. The van der Waals surface area contributed by atoms with Crippen molar-refractivity contribution in [2.75, 3.05) is 12.3 Å². The zero-order valence-corrected chi connectivity index (χ0v) is 9.23. The van der Waals surface area contributed by atoms with Gasteiger partial charge in [0.15, 0.2) is 5.69 Å². The summed E-state index contributed by atoms with van der Waals surface area (Å²) in [4.78, 5) is 15.6. The Balaban J connectivity index is 2.48. The zero-order chi connectivity index (χ0) is 11.7. The van der Waals surface area contributed by atoms with Crippen LogP contribution < -0.4 is 5.73 Å². The molecule has 0 bridgehead atoms. The van der Waals surface area contributed by atoms with E-state index in [1.54, 1.807) is 23.7 Å². The largest absolute Gasteiger partial charge is 0.461 e. The summed E-state index contributed by atoms with van der Waals surface area (Å²) >= 11 is 0. The summed E-state index contributed by atoms with van der Waals surface area (Å²) in [6, 6.07) is 1.83. The minimum Gasteiger partial charge on any atom is -0.461 e. The van der Waals surface area contributed by atoms with E-state index >= 15 is 0 Å². The fourth-order valence-electron chi connectivity index (χ4n) is 1.45. The molecular formula is C11H13N3O2. The lowest BCUT2D eigenvalue weighted by Crippen LogP contribution is -2.04. The van der Waals surface area contributed by atoms with E-state index in [1.807, 2.05) is 13.0 Å². The predicted molar refractivity (Wildman–Crippen MR) is 60.3 cm³/mol. The van der Waals surface area contributed by atoms with Gasteiger partial charge >= 0.3 is 5.97 Å². The number of nitrogens with zero attached hydrogens (tertiary/aromatic N) is 2. The first kappa shape index (κ1) is 10.5. The molecule has 0 saturated heterocycles. The molecule has 0 amide bonds. The average molecular weight is 219 g/mol. The molecule has 0 aliphatic heterocycles. The molecule has 0 aliphatic rings. The fraction of sp³-hybridized carbons (Fsp3) is 0.273. The Bertz CT molecular complexity index is 506. The highest BCUT2D eigenvalue weighted by Gasteiger charge is 2.11. The number of rotatable bonds is 2. The number of aryl methyl sites for hydroxylation is 1. The van der Waals surface area contributed by atoms with Crippen molar-refractivity contribution in [2.45, 2.75) is 13.8 Å². The Hall–Kier alpha value is -2.04. The van der Waals surface area contributed by atoms with Gasteiger partial charge in [-0.2, -0.15) is 0 Å². The Morgan fingerprint density at radius 3 is 3.00 bits per heavy atom. The van der Waals surface area contributed by atoms with E-state index in [9.17, 15) is 4.79 Å². The van der Waals surface area contributed by atoms with Crippen molar-refractivity contribution >= 4 is 17.3 Å². The summed E-state index contributed by atoms with van der Waals surface area (Å²) in [6.07, 6.45) is 3.35. The molecule has 0 aromatic carbocycles. The maximum Gasteiger partial charge on any atom is 0.358 e. The number of imidazole rings is 1. The Kier molecular flexibility index (Phi) is 2.52. The molecule has 2 rings (SSSR count). The summed E-state index contributed by atoms with van der Waals surface area (Å²) in [5.41, 5.74) is 8.36. The van der Waals surface area contributed by atoms with Crippen LogP contribution in [-0.4, -0.2) is 22.0 Å². The molecule has 5 nitrogen and oxygen atoms in total. The third-order valence-corrected chi connectivity index (χ3v) is 2.32. The Morgan fingerprint density at radius 2 is 2.31 bits per heavy atom. The molecule has 0 spiro atoms. The number of esters is 1. The number of pyridine rings is 1. The van der Waals surface area contributed by atoms with Gasteiger partial charge in [0, 0.05) is 12.4 Å². The lowest BCUT2D eigenvalue weighted by molar-refractivity contribution is 0.0520. The summed E-state index contributed by atoms with van der Waals surface area (Å²) < 4.78 is 6.59. The van der Waals surface area contributed by atoms with Gasteiger partial charge in [0.05, 0.1) is 12.3 Å². The van der Waals surface area contributed by atoms with E-state index in [0.717, 1.165) is 5.56 Å². The molecule has 0 unspecified atom stereocenters. The van der Waals surface area contributed by atoms with E-state index in [2.05, 4.69) is 4.98 Å². The van der Waals surface area contributed by atoms with Gasteiger partial charge in [0.1, 0.15) is 5.65 Å². The Labute approximate surface area is 92.8 Å². The number of aromatic nitrogens is 2. The fourth-order valence-corrected chi connectivity index (χ4v) is 1.45. The molecule has 16 heavy (non-hydrogen) atoms. The third kappa shape index (κ3) is 1.71. The standard InChI is InChI=1S/C11H13N3O2/c1-3-16-11(15)9-6-14-5-8(12)7(2)4-10(14)13-9/h4-6H,3,12H2,1-2H3. The first-order valence-corrected chi connectivity index (χ1v) is 5.03. The van der Waals surface area contributed by atoms with Gasteiger partial charge in [0.2, 0.25) is 0 Å². The lowest BCUT2D eigenvalue weighted by Gasteiger charge is -1.99. The van der Waals surface area contributed by atoms with Crippen molar-refractivity contribution < 1.29 is 9.53 Å². The molecule has 5 heteroatoms. The quantitative estimate of drug-likeness (QED) is 0.775. The molecule has 2 heterocycles. The van der Waals surface area contributed by atoms with Crippen LogP contribution in [0, 0.1) is 6.92 Å². The highest BCUT2D eigenvalue weighted by atomic mass is 16.5. The topological polar surface area (TPSA) is 69.6 Å². The molecule has 2 aromatic heterocycles. The van der Waals surface area contributed by atoms with Crippen LogP contribution in [0.2, 0.25) is 0 Å². The van der Waals surface area contributed by atoms with Gasteiger partial charge < -0.3 is 14.9 Å². The second-order valence-corrected chi connectivity index (χ2v) is 3.52. The van der Waals surface area contributed by atoms with E-state index in [4.69, 9.17) is 10.5 Å². The highest BCUT2D eigenvalue weighted by molar-refractivity contribution is 5.88. The van der Waals surface area contributed by atoms with E-state index in [-0.39, 0.29) is 0 Å². The normalized spacial score (nSPS) is 10.6. The number of nitrogen functional groups attached to an aromatic ring is 1. The molecule has 0 fully saturated rings. The van der Waals surface area contributed by atoms with Crippen LogP contribution in [0.5, 0.6) is 0 Å². The van der Waals surface area contributed by atoms with Crippen LogP contribution in [0.25, 0.3) is 5.65 Å². The van der Waals surface area contributed by atoms with E-state index in [1.165, 1.54) is 0 Å². The van der Waals surface area contributed by atoms with Crippen LogP contribution in [0.4, 0.5) is 5.69 Å². The highest BCUT2D eigenvalue weighted by Crippen LogP contribution is 2.14. The number of fused-ring (bicyclic) bond motifs is 1. The number of anilines is 1.